The molecule has 4 rings (SSSR count). The third kappa shape index (κ3) is 32.2. The van der Waals surface area contributed by atoms with Crippen LogP contribution in [0.25, 0.3) is 0 Å². The molecule has 4 aromatic rings. The van der Waals surface area contributed by atoms with Crippen LogP contribution < -0.4 is 70.4 Å². The summed E-state index contributed by atoms with van der Waals surface area (Å²) in [6, 6.07) is 21.3. The predicted octanol–water partition coefficient (Wildman–Crippen LogP) is 1.23. The molecule has 0 unspecified atom stereocenters. The number of nitrogens with one attached hydrogen (secondary N) is 10. The summed E-state index contributed by atoms with van der Waals surface area (Å²) in [5.74, 6) is -11.8. The van der Waals surface area contributed by atoms with Crippen LogP contribution in [0.5, 0.6) is 0 Å². The van der Waals surface area contributed by atoms with Gasteiger partial charge in [0.15, 0.2) is 0 Å². The zero-order valence-corrected chi connectivity index (χ0v) is 56.6. The Morgan fingerprint density at radius 2 is 0.650 bits per heavy atom. The molecule has 540 valence electrons. The fourth-order valence-corrected chi connectivity index (χ4v) is 10.5. The maximum atomic E-state index is 14.9. The number of hydrogen-bond donors (Lipinski definition) is 15. The molecule has 100 heavy (non-hydrogen) atoms. The van der Waals surface area contributed by atoms with Crippen LogP contribution in [-0.4, -0.2) is 161 Å². The zero-order valence-electron chi connectivity index (χ0n) is 56.6. The second kappa shape index (κ2) is 45.8. The standard InChI is InChI=1S/C72H97N13O15/c1-3-4-9-35-61(87)76-42-23-20-34-54(65(93)78-52(32-18-21-40-73)66(94)84-60(46-51-30-16-8-17-31-51)72(100)82-56(37-39-63(90)91)69(97)83-57(64(75)92)43-48-24-10-5-11-25-48)79-68(96)55(36-38-62(88)89)81-71(99)59(45-50-28-14-7-15-29-50)85-67(95)53(33-19-22-41-74)80-70(98)58(77-47(2)86)44-49-26-12-6-13-27-49/h3-17,24-31,35,52-60H,18-23,32-34,36-46,73-74H2,1-2H3,(H2,75,92)(H,76,87)(H,77,86)(H,78,93)(H,79,96)(H,80,98)(H,81,99)(H,82,100)(H,83,97)(H,84,94)(H,85,95)(H,88,89)(H,90,91)/b4-3+,35-9+/t52-,53-,54-,55-,56-,57-,58-,59-,60-/m0/s1. The van der Waals surface area contributed by atoms with Crippen LogP contribution in [0.15, 0.2) is 146 Å². The Morgan fingerprint density at radius 1 is 0.370 bits per heavy atom. The van der Waals surface area contributed by atoms with E-state index >= 15 is 0 Å². The number of aliphatic carboxylic acids is 2. The van der Waals surface area contributed by atoms with Crippen molar-refractivity contribution in [3.63, 3.8) is 0 Å². The van der Waals surface area contributed by atoms with Crippen LogP contribution in [0.4, 0.5) is 0 Å². The number of carboxylic acids is 2. The number of hydrogen-bond acceptors (Lipinski definition) is 15. The Hall–Kier alpha value is -10.6. The Labute approximate surface area is 582 Å². The van der Waals surface area contributed by atoms with Crippen LogP contribution in [0.2, 0.25) is 0 Å². The number of rotatable bonds is 47. The average Bonchev–Trinajstić information content (AvgIpc) is 0.861. The van der Waals surface area contributed by atoms with E-state index in [1.807, 2.05) is 0 Å². The molecule has 28 heteroatoms. The van der Waals surface area contributed by atoms with Crippen molar-refractivity contribution in [1.82, 2.24) is 53.2 Å². The van der Waals surface area contributed by atoms with E-state index in [4.69, 9.17) is 17.2 Å². The lowest BCUT2D eigenvalue weighted by atomic mass is 10.0. The number of benzene rings is 4. The summed E-state index contributed by atoms with van der Waals surface area (Å²) in [7, 11) is 0. The Kier molecular flexibility index (Phi) is 37.5. The number of amides is 11. The molecule has 0 aliphatic heterocycles. The molecule has 28 nitrogen and oxygen atoms in total. The minimum Gasteiger partial charge on any atom is -0.481 e. The molecule has 0 fully saturated rings. The first-order valence-electron chi connectivity index (χ1n) is 33.6. The number of allylic oxidation sites excluding steroid dienone is 3. The summed E-state index contributed by atoms with van der Waals surface area (Å²) in [6.07, 6.45) is 5.16. The maximum Gasteiger partial charge on any atom is 0.303 e. The van der Waals surface area contributed by atoms with E-state index in [1.54, 1.807) is 140 Å². The van der Waals surface area contributed by atoms with Crippen molar-refractivity contribution in [2.45, 2.75) is 177 Å². The normalized spacial score (nSPS) is 13.8. The van der Waals surface area contributed by atoms with Crippen LogP contribution in [0, 0.1) is 0 Å². The largest absolute Gasteiger partial charge is 0.481 e. The van der Waals surface area contributed by atoms with Gasteiger partial charge in [-0.15, -0.1) is 0 Å². The molecule has 0 saturated heterocycles. The summed E-state index contributed by atoms with van der Waals surface area (Å²) < 4.78 is 0. The van der Waals surface area contributed by atoms with Gasteiger partial charge in [-0.3, -0.25) is 62.3 Å². The molecule has 0 aliphatic rings. The van der Waals surface area contributed by atoms with Gasteiger partial charge >= 0.3 is 11.9 Å². The summed E-state index contributed by atoms with van der Waals surface area (Å²) in [4.78, 5) is 178. The monoisotopic (exact) mass is 1380 g/mol. The highest BCUT2D eigenvalue weighted by Gasteiger charge is 2.36. The topological polar surface area (TPSA) is 461 Å². The zero-order chi connectivity index (χ0) is 73.2. The quantitative estimate of drug-likeness (QED) is 0.0168. The first-order chi connectivity index (χ1) is 48.0. The van der Waals surface area contributed by atoms with Crippen molar-refractivity contribution in [2.24, 2.45) is 17.2 Å². The molecular weight excluding hydrogens is 1290 g/mol. The Bertz CT molecular complexity index is 3360. The molecule has 0 spiro atoms. The molecule has 9 atom stereocenters. The smallest absolute Gasteiger partial charge is 0.303 e. The minimum absolute atomic E-state index is 0.0367. The van der Waals surface area contributed by atoms with Crippen molar-refractivity contribution in [3.8, 4) is 0 Å². The molecule has 0 aromatic heterocycles. The van der Waals surface area contributed by atoms with Crippen molar-refractivity contribution in [1.29, 1.82) is 0 Å². The van der Waals surface area contributed by atoms with Gasteiger partial charge in [-0.25, -0.2) is 0 Å². The van der Waals surface area contributed by atoms with Gasteiger partial charge in [-0.05, 0) is 113 Å². The number of primary amides is 1. The van der Waals surface area contributed by atoms with E-state index < -0.39 is 157 Å². The van der Waals surface area contributed by atoms with Gasteiger partial charge in [0.05, 0.1) is 0 Å². The maximum absolute atomic E-state index is 14.9. The Balaban J connectivity index is 1.71. The lowest BCUT2D eigenvalue weighted by molar-refractivity contribution is -0.139. The van der Waals surface area contributed by atoms with E-state index in [0.29, 0.717) is 41.5 Å². The van der Waals surface area contributed by atoms with Gasteiger partial charge in [0, 0.05) is 58.1 Å². The predicted molar refractivity (Wildman–Crippen MR) is 373 cm³/mol. The van der Waals surface area contributed by atoms with E-state index in [9.17, 15) is 72.5 Å². The number of carboxylic acid groups (broad SMARTS) is 2. The summed E-state index contributed by atoms with van der Waals surface area (Å²) in [6.45, 7) is 3.56. The molecule has 0 aliphatic carbocycles. The van der Waals surface area contributed by atoms with Gasteiger partial charge in [0.25, 0.3) is 0 Å². The van der Waals surface area contributed by atoms with E-state index in [2.05, 4.69) is 53.2 Å². The summed E-state index contributed by atoms with van der Waals surface area (Å²) in [5.41, 5.74) is 19.8. The van der Waals surface area contributed by atoms with Crippen LogP contribution in [0.1, 0.15) is 120 Å². The van der Waals surface area contributed by atoms with Crippen LogP contribution in [0.3, 0.4) is 0 Å². The number of carbonyl (C=O) groups is 13. The fourth-order valence-electron chi connectivity index (χ4n) is 10.5. The third-order valence-corrected chi connectivity index (χ3v) is 15.9. The average molecular weight is 1380 g/mol. The first-order valence-corrected chi connectivity index (χ1v) is 33.6. The van der Waals surface area contributed by atoms with Gasteiger partial charge < -0.3 is 80.6 Å². The van der Waals surface area contributed by atoms with E-state index in [-0.39, 0.29) is 83.8 Å². The van der Waals surface area contributed by atoms with Crippen LogP contribution in [-0.2, 0) is 88.0 Å². The van der Waals surface area contributed by atoms with Gasteiger partial charge in [0.1, 0.15) is 54.4 Å². The van der Waals surface area contributed by atoms with Crippen molar-refractivity contribution in [3.05, 3.63) is 168 Å². The molecular formula is C72H97N13O15. The van der Waals surface area contributed by atoms with Gasteiger partial charge in [-0.1, -0.05) is 140 Å². The highest BCUT2D eigenvalue weighted by molar-refractivity contribution is 5.99. The molecule has 0 heterocycles. The number of nitrogens with two attached hydrogens (primary N) is 3. The first kappa shape index (κ1) is 81.8. The highest BCUT2D eigenvalue weighted by Crippen LogP contribution is 2.14. The molecule has 0 bridgehead atoms. The van der Waals surface area contributed by atoms with E-state index in [0.717, 1.165) is 0 Å². The molecule has 11 amide bonds. The van der Waals surface area contributed by atoms with Gasteiger partial charge in [0.2, 0.25) is 65.0 Å². The second-order valence-electron chi connectivity index (χ2n) is 24.0. The Morgan fingerprint density at radius 3 is 0.950 bits per heavy atom. The lowest BCUT2D eigenvalue weighted by Crippen LogP contribution is -2.61. The summed E-state index contributed by atoms with van der Waals surface area (Å²) >= 11 is 0. The lowest BCUT2D eigenvalue weighted by Gasteiger charge is -2.28. The van der Waals surface area contributed by atoms with Crippen molar-refractivity contribution >= 4 is 76.9 Å². The third-order valence-electron chi connectivity index (χ3n) is 15.9. The second-order valence-corrected chi connectivity index (χ2v) is 24.0. The SMILES string of the molecule is C/C=C/C=C/C(=O)NCCCC[C@H](NC(=O)[C@H](CCC(=O)O)NC(=O)[C@H](Cc1ccccc1)NC(=O)[C@H](CCCCN)NC(=O)[C@H](Cc1ccccc1)NC(C)=O)C(=O)N[C@@H](CCCCN)C(=O)N[C@@H](Cc1ccccc1)C(=O)N[C@@H](CCC(=O)O)C(=O)N[C@@H](Cc1ccccc1)C(N)=O. The molecule has 4 aromatic carbocycles. The van der Waals surface area contributed by atoms with Crippen molar-refractivity contribution in [2.75, 3.05) is 19.6 Å². The summed E-state index contributed by atoms with van der Waals surface area (Å²) in [5, 5.41) is 46.2. The molecule has 0 saturated carbocycles. The molecule has 0 radical (unpaired) electrons. The highest BCUT2D eigenvalue weighted by atomic mass is 16.4. The van der Waals surface area contributed by atoms with Gasteiger partial charge in [-0.2, -0.15) is 0 Å². The van der Waals surface area contributed by atoms with Crippen molar-refractivity contribution < 1.29 is 72.5 Å². The minimum atomic E-state index is -1.71. The fraction of sp³-hybridized carbons (Fsp3) is 0.431. The number of carbonyl (C=O) groups excluding carboxylic acids is 11. The van der Waals surface area contributed by atoms with E-state index in [1.165, 1.54) is 19.1 Å². The number of unbranched alkanes of at least 4 members (excludes halogenated alkanes) is 3. The molecule has 18 N–H and O–H groups in total. The van der Waals surface area contributed by atoms with Crippen LogP contribution >= 0.6 is 0 Å².